The highest BCUT2D eigenvalue weighted by Crippen LogP contribution is 1.97. The van der Waals surface area contributed by atoms with Crippen LogP contribution in [0.4, 0.5) is 0 Å². The van der Waals surface area contributed by atoms with Gasteiger partial charge in [0.15, 0.2) is 0 Å². The van der Waals surface area contributed by atoms with Gasteiger partial charge in [0.05, 0.1) is 6.61 Å². The van der Waals surface area contributed by atoms with Crippen molar-refractivity contribution >= 4 is 11.8 Å². The van der Waals surface area contributed by atoms with Gasteiger partial charge in [-0.25, -0.2) is 0 Å². The number of carbonyl (C=O) groups excluding carboxylic acids is 2. The van der Waals surface area contributed by atoms with Crippen LogP contribution in [-0.4, -0.2) is 44.2 Å². The maximum Gasteiger partial charge on any atom is 0.250 e. The first-order valence-electron chi connectivity index (χ1n) is 5.58. The third kappa shape index (κ3) is 5.09. The fraction of sp³-hybridized carbons (Fsp3) is 0.800. The Morgan fingerprint density at radius 1 is 1.44 bits per heavy atom. The van der Waals surface area contributed by atoms with E-state index in [0.29, 0.717) is 32.5 Å². The first-order valence-corrected chi connectivity index (χ1v) is 5.58. The van der Waals surface area contributed by atoms with Crippen molar-refractivity contribution in [2.75, 3.05) is 26.2 Å². The molecule has 92 valence electrons. The first kappa shape index (κ1) is 12.9. The highest BCUT2D eigenvalue weighted by atomic mass is 16.5. The van der Waals surface area contributed by atoms with Crippen LogP contribution in [0.2, 0.25) is 0 Å². The molecular formula is C10H19N3O3. The Hall–Kier alpha value is -1.14. The lowest BCUT2D eigenvalue weighted by molar-refractivity contribution is -0.134. The van der Waals surface area contributed by atoms with E-state index >= 15 is 0 Å². The summed E-state index contributed by atoms with van der Waals surface area (Å²) in [5.41, 5.74) is 5.00. The molecular weight excluding hydrogens is 210 g/mol. The minimum absolute atomic E-state index is 0.0914. The Labute approximate surface area is 94.9 Å². The summed E-state index contributed by atoms with van der Waals surface area (Å²) in [5.74, 6) is -0.391. The molecule has 0 aliphatic carbocycles. The monoisotopic (exact) mass is 229 g/mol. The fourth-order valence-electron chi connectivity index (χ4n) is 1.48. The Morgan fingerprint density at radius 3 is 2.88 bits per heavy atom. The summed E-state index contributed by atoms with van der Waals surface area (Å²) in [6, 6.07) is 0. The molecule has 0 radical (unpaired) electrons. The minimum atomic E-state index is -0.384. The van der Waals surface area contributed by atoms with Crippen molar-refractivity contribution in [2.45, 2.75) is 25.4 Å². The van der Waals surface area contributed by atoms with Crippen molar-refractivity contribution in [2.24, 2.45) is 5.73 Å². The van der Waals surface area contributed by atoms with Crippen molar-refractivity contribution < 1.29 is 14.3 Å². The molecule has 1 aliphatic rings. The lowest BCUT2D eigenvalue weighted by Crippen LogP contribution is -2.48. The second kappa shape index (κ2) is 7.19. The Morgan fingerprint density at radius 2 is 2.25 bits per heavy atom. The smallest absolute Gasteiger partial charge is 0.250 e. The average Bonchev–Trinajstić information content (AvgIpc) is 2.29. The number of hydrogen-bond donors (Lipinski definition) is 3. The second-order valence-corrected chi connectivity index (χ2v) is 3.78. The van der Waals surface area contributed by atoms with Crippen molar-refractivity contribution in [3.8, 4) is 0 Å². The van der Waals surface area contributed by atoms with E-state index in [4.69, 9.17) is 10.5 Å². The summed E-state index contributed by atoms with van der Waals surface area (Å²) in [4.78, 5) is 22.0. The predicted octanol–water partition coefficient (Wildman–Crippen LogP) is -1.25. The highest BCUT2D eigenvalue weighted by Gasteiger charge is 2.20. The highest BCUT2D eigenvalue weighted by molar-refractivity contribution is 5.81. The molecule has 0 saturated carbocycles. The molecule has 0 aromatic carbocycles. The molecule has 16 heavy (non-hydrogen) atoms. The molecule has 6 nitrogen and oxygen atoms in total. The predicted molar refractivity (Wildman–Crippen MR) is 58.7 cm³/mol. The molecule has 2 amide bonds. The van der Waals surface area contributed by atoms with E-state index in [1.54, 1.807) is 0 Å². The maximum absolute atomic E-state index is 11.5. The zero-order valence-electron chi connectivity index (χ0n) is 9.33. The molecule has 1 aliphatic heterocycles. The summed E-state index contributed by atoms with van der Waals surface area (Å²) < 4.78 is 5.29. The molecule has 0 aromatic rings. The molecule has 6 heteroatoms. The molecule has 0 spiro atoms. The topological polar surface area (TPSA) is 93.5 Å². The number of amides is 2. The van der Waals surface area contributed by atoms with Gasteiger partial charge in [0.25, 0.3) is 0 Å². The number of nitrogens with two attached hydrogens (primary N) is 1. The lowest BCUT2D eigenvalue weighted by atomic mass is 10.2. The van der Waals surface area contributed by atoms with E-state index in [0.717, 1.165) is 13.0 Å². The summed E-state index contributed by atoms with van der Waals surface area (Å²) >= 11 is 0. The van der Waals surface area contributed by atoms with Crippen LogP contribution in [-0.2, 0) is 14.3 Å². The first-order chi connectivity index (χ1) is 7.70. The van der Waals surface area contributed by atoms with E-state index < -0.39 is 0 Å². The number of hydrogen-bond acceptors (Lipinski definition) is 4. The van der Waals surface area contributed by atoms with Gasteiger partial charge in [0.1, 0.15) is 6.10 Å². The molecule has 0 aromatic heterocycles. The second-order valence-electron chi connectivity index (χ2n) is 3.78. The van der Waals surface area contributed by atoms with Crippen molar-refractivity contribution in [1.82, 2.24) is 10.6 Å². The van der Waals surface area contributed by atoms with Crippen LogP contribution in [0.15, 0.2) is 0 Å². The van der Waals surface area contributed by atoms with Gasteiger partial charge in [0.2, 0.25) is 11.8 Å². The number of unbranched alkanes of at least 4 members (excludes halogenated alkanes) is 1. The van der Waals surface area contributed by atoms with Crippen LogP contribution in [0.25, 0.3) is 0 Å². The normalized spacial score (nSPS) is 20.4. The molecule has 1 atom stereocenters. The number of primary amides is 1. The number of morpholine rings is 1. The molecule has 1 saturated heterocycles. The molecule has 4 N–H and O–H groups in total. The quantitative estimate of drug-likeness (QED) is 0.496. The van der Waals surface area contributed by atoms with Gasteiger partial charge in [-0.05, 0) is 12.8 Å². The molecule has 0 bridgehead atoms. The Bertz CT molecular complexity index is 239. The SMILES string of the molecule is NC(=O)CCCCNC(=O)C1CNCCO1. The Balaban J connectivity index is 2.03. The van der Waals surface area contributed by atoms with E-state index in [1.165, 1.54) is 0 Å². The zero-order chi connectivity index (χ0) is 11.8. The number of nitrogens with one attached hydrogen (secondary N) is 2. The average molecular weight is 229 g/mol. The minimum Gasteiger partial charge on any atom is -0.370 e. The van der Waals surface area contributed by atoms with Gasteiger partial charge in [0, 0.05) is 26.1 Å². The summed E-state index contributed by atoms with van der Waals surface area (Å²) in [7, 11) is 0. The fourth-order valence-corrected chi connectivity index (χ4v) is 1.48. The van der Waals surface area contributed by atoms with Crippen LogP contribution < -0.4 is 16.4 Å². The number of carbonyl (C=O) groups is 2. The van der Waals surface area contributed by atoms with Crippen LogP contribution in [0.1, 0.15) is 19.3 Å². The molecule has 1 fully saturated rings. The van der Waals surface area contributed by atoms with Gasteiger partial charge in [-0.1, -0.05) is 0 Å². The van der Waals surface area contributed by atoms with Crippen LogP contribution in [0, 0.1) is 0 Å². The summed E-state index contributed by atoms with van der Waals surface area (Å²) in [6.45, 7) is 2.49. The van der Waals surface area contributed by atoms with Crippen LogP contribution >= 0.6 is 0 Å². The van der Waals surface area contributed by atoms with Gasteiger partial charge in [-0.2, -0.15) is 0 Å². The summed E-state index contributed by atoms with van der Waals surface area (Å²) in [5, 5.41) is 5.86. The van der Waals surface area contributed by atoms with E-state index in [2.05, 4.69) is 10.6 Å². The third-order valence-electron chi connectivity index (χ3n) is 2.37. The van der Waals surface area contributed by atoms with Crippen molar-refractivity contribution in [3.63, 3.8) is 0 Å². The lowest BCUT2D eigenvalue weighted by Gasteiger charge is -2.22. The van der Waals surface area contributed by atoms with Crippen molar-refractivity contribution in [1.29, 1.82) is 0 Å². The van der Waals surface area contributed by atoms with Crippen molar-refractivity contribution in [3.05, 3.63) is 0 Å². The summed E-state index contributed by atoms with van der Waals surface area (Å²) in [6.07, 6.45) is 1.45. The van der Waals surface area contributed by atoms with Gasteiger partial charge >= 0.3 is 0 Å². The standard InChI is InChI=1S/C10H19N3O3/c11-9(14)3-1-2-4-13-10(15)8-7-12-5-6-16-8/h8,12H,1-7H2,(H2,11,14)(H,13,15). The van der Waals surface area contributed by atoms with Gasteiger partial charge in [-0.15, -0.1) is 0 Å². The van der Waals surface area contributed by atoms with E-state index in [1.807, 2.05) is 0 Å². The van der Waals surface area contributed by atoms with Crippen LogP contribution in [0.3, 0.4) is 0 Å². The van der Waals surface area contributed by atoms with Crippen LogP contribution in [0.5, 0.6) is 0 Å². The van der Waals surface area contributed by atoms with Gasteiger partial charge in [-0.3, -0.25) is 9.59 Å². The molecule has 1 rings (SSSR count). The molecule has 1 heterocycles. The number of ether oxygens (including phenoxy) is 1. The Kier molecular flexibility index (Phi) is 5.81. The van der Waals surface area contributed by atoms with Gasteiger partial charge < -0.3 is 21.1 Å². The molecule has 1 unspecified atom stereocenters. The van der Waals surface area contributed by atoms with E-state index in [9.17, 15) is 9.59 Å². The maximum atomic E-state index is 11.5. The zero-order valence-corrected chi connectivity index (χ0v) is 9.33. The third-order valence-corrected chi connectivity index (χ3v) is 2.37. The number of rotatable bonds is 6. The van der Waals surface area contributed by atoms with E-state index in [-0.39, 0.29) is 17.9 Å². The largest absolute Gasteiger partial charge is 0.370 e.